The van der Waals surface area contributed by atoms with Crippen molar-refractivity contribution < 1.29 is 5.11 Å². The Hall–Kier alpha value is -1.68. The molecule has 0 fully saturated rings. The molecule has 0 amide bonds. The average molecular weight is 231 g/mol. The van der Waals surface area contributed by atoms with Gasteiger partial charge in [0.25, 0.3) is 0 Å². The molecule has 1 heterocycles. The van der Waals surface area contributed by atoms with E-state index in [4.69, 9.17) is 0 Å². The largest absolute Gasteiger partial charge is 0.394 e. The van der Waals surface area contributed by atoms with Crippen LogP contribution in [0.2, 0.25) is 0 Å². The fourth-order valence-electron chi connectivity index (χ4n) is 1.50. The summed E-state index contributed by atoms with van der Waals surface area (Å²) in [5.41, 5.74) is 0.542. The zero-order valence-electron chi connectivity index (χ0n) is 10.4. The molecule has 0 saturated carbocycles. The predicted octanol–water partition coefficient (Wildman–Crippen LogP) is 1.84. The molecule has 0 bridgehead atoms. The Kier molecular flexibility index (Phi) is 2.98. The van der Waals surface area contributed by atoms with E-state index in [2.05, 4.69) is 9.97 Å². The van der Waals surface area contributed by atoms with Crippen molar-refractivity contribution in [3.63, 3.8) is 0 Å². The first-order chi connectivity index (χ1) is 8.04. The zero-order chi connectivity index (χ0) is 12.5. The van der Waals surface area contributed by atoms with Crippen LogP contribution in [0, 0.1) is 0 Å². The number of hydrogen-bond acceptors (Lipinski definition) is 4. The van der Waals surface area contributed by atoms with Crippen molar-refractivity contribution in [2.45, 2.75) is 19.4 Å². The lowest BCUT2D eigenvalue weighted by Crippen LogP contribution is -2.45. The molecule has 1 aromatic heterocycles. The van der Waals surface area contributed by atoms with Gasteiger partial charge < -0.3 is 10.0 Å². The van der Waals surface area contributed by atoms with Gasteiger partial charge in [0.05, 0.1) is 17.7 Å². The monoisotopic (exact) mass is 231 g/mol. The van der Waals surface area contributed by atoms with Crippen LogP contribution in [-0.4, -0.2) is 34.3 Å². The number of nitrogens with zero attached hydrogens (tertiary/aromatic N) is 3. The number of fused-ring (bicyclic) bond motifs is 1. The molecule has 0 aliphatic heterocycles. The minimum atomic E-state index is -0.373. The summed E-state index contributed by atoms with van der Waals surface area (Å²) in [4.78, 5) is 10.7. The van der Waals surface area contributed by atoms with Gasteiger partial charge in [-0.25, -0.2) is 9.97 Å². The summed E-state index contributed by atoms with van der Waals surface area (Å²) in [5.74, 6) is 0.628. The molecular weight excluding hydrogens is 214 g/mol. The number of para-hydroxylation sites is 1. The molecule has 0 atom stereocenters. The Morgan fingerprint density at radius 2 is 2.00 bits per heavy atom. The number of benzene rings is 1. The molecule has 90 valence electrons. The Morgan fingerprint density at radius 3 is 2.71 bits per heavy atom. The fraction of sp³-hybridized carbons (Fsp3) is 0.385. The van der Waals surface area contributed by atoms with Crippen LogP contribution in [0.3, 0.4) is 0 Å². The molecule has 1 aromatic carbocycles. The average Bonchev–Trinajstić information content (AvgIpc) is 2.37. The Bertz CT molecular complexity index is 525. The Balaban J connectivity index is 2.43. The maximum absolute atomic E-state index is 9.34. The van der Waals surface area contributed by atoms with E-state index in [-0.39, 0.29) is 12.1 Å². The van der Waals surface area contributed by atoms with E-state index in [1.54, 1.807) is 0 Å². The standard InChI is InChI=1S/C13H17N3O/c1-13(2,9-17)16(3)12-14-8-10-6-4-5-7-11(10)15-12/h4-8,17H,9H2,1-3H3. The Morgan fingerprint density at radius 1 is 1.29 bits per heavy atom. The number of anilines is 1. The number of hydrogen-bond donors (Lipinski definition) is 1. The van der Waals surface area contributed by atoms with Crippen LogP contribution in [0.5, 0.6) is 0 Å². The van der Waals surface area contributed by atoms with E-state index >= 15 is 0 Å². The van der Waals surface area contributed by atoms with Crippen molar-refractivity contribution in [1.29, 1.82) is 0 Å². The highest BCUT2D eigenvalue weighted by molar-refractivity contribution is 5.78. The summed E-state index contributed by atoms with van der Waals surface area (Å²) in [6, 6.07) is 7.86. The fourth-order valence-corrected chi connectivity index (χ4v) is 1.50. The molecule has 17 heavy (non-hydrogen) atoms. The van der Waals surface area contributed by atoms with Gasteiger partial charge >= 0.3 is 0 Å². The van der Waals surface area contributed by atoms with Gasteiger partial charge in [-0.1, -0.05) is 18.2 Å². The molecule has 2 aromatic rings. The van der Waals surface area contributed by atoms with E-state index in [9.17, 15) is 5.11 Å². The molecule has 0 aliphatic carbocycles. The van der Waals surface area contributed by atoms with Gasteiger partial charge in [-0.05, 0) is 19.9 Å². The molecule has 0 radical (unpaired) electrons. The van der Waals surface area contributed by atoms with Crippen LogP contribution in [0.25, 0.3) is 10.9 Å². The lowest BCUT2D eigenvalue weighted by Gasteiger charge is -2.33. The van der Waals surface area contributed by atoms with Gasteiger partial charge in [0, 0.05) is 18.6 Å². The summed E-state index contributed by atoms with van der Waals surface area (Å²) in [6.45, 7) is 3.96. The summed E-state index contributed by atoms with van der Waals surface area (Å²) >= 11 is 0. The minimum Gasteiger partial charge on any atom is -0.394 e. The van der Waals surface area contributed by atoms with Crippen molar-refractivity contribution in [3.05, 3.63) is 30.5 Å². The first-order valence-electron chi connectivity index (χ1n) is 5.61. The highest BCUT2D eigenvalue weighted by Crippen LogP contribution is 2.20. The highest BCUT2D eigenvalue weighted by Gasteiger charge is 2.24. The summed E-state index contributed by atoms with van der Waals surface area (Å²) in [6.07, 6.45) is 1.81. The molecule has 0 saturated heterocycles. The lowest BCUT2D eigenvalue weighted by atomic mass is 10.1. The van der Waals surface area contributed by atoms with Gasteiger partial charge in [-0.2, -0.15) is 0 Å². The molecule has 0 unspecified atom stereocenters. The third-order valence-corrected chi connectivity index (χ3v) is 3.07. The molecule has 1 N–H and O–H groups in total. The second-order valence-corrected chi connectivity index (χ2v) is 4.76. The number of likely N-dealkylation sites (N-methyl/N-ethyl adjacent to an activating group) is 1. The van der Waals surface area contributed by atoms with E-state index in [0.717, 1.165) is 10.9 Å². The molecule has 2 rings (SSSR count). The van der Waals surface area contributed by atoms with Gasteiger partial charge in [0.2, 0.25) is 5.95 Å². The predicted molar refractivity (Wildman–Crippen MR) is 69.1 cm³/mol. The second-order valence-electron chi connectivity index (χ2n) is 4.76. The van der Waals surface area contributed by atoms with E-state index < -0.39 is 0 Å². The van der Waals surface area contributed by atoms with E-state index in [0.29, 0.717) is 5.95 Å². The minimum absolute atomic E-state index is 0.0552. The molecular formula is C13H17N3O. The first-order valence-corrected chi connectivity index (χ1v) is 5.61. The van der Waals surface area contributed by atoms with Crippen LogP contribution in [0.1, 0.15) is 13.8 Å². The molecule has 4 nitrogen and oxygen atoms in total. The topological polar surface area (TPSA) is 49.2 Å². The second kappa shape index (κ2) is 4.30. The van der Waals surface area contributed by atoms with Crippen LogP contribution >= 0.6 is 0 Å². The third-order valence-electron chi connectivity index (χ3n) is 3.07. The number of rotatable bonds is 3. The molecule has 4 heteroatoms. The van der Waals surface area contributed by atoms with Crippen molar-refractivity contribution in [2.75, 3.05) is 18.6 Å². The van der Waals surface area contributed by atoms with Crippen LogP contribution < -0.4 is 4.90 Å². The lowest BCUT2D eigenvalue weighted by molar-refractivity contribution is 0.215. The maximum atomic E-state index is 9.34. The first kappa shape index (κ1) is 11.8. The zero-order valence-corrected chi connectivity index (χ0v) is 10.4. The third kappa shape index (κ3) is 2.22. The van der Waals surface area contributed by atoms with Crippen molar-refractivity contribution in [3.8, 4) is 0 Å². The van der Waals surface area contributed by atoms with Gasteiger partial charge in [0.15, 0.2) is 0 Å². The van der Waals surface area contributed by atoms with Gasteiger partial charge in [0.1, 0.15) is 0 Å². The smallest absolute Gasteiger partial charge is 0.226 e. The van der Waals surface area contributed by atoms with Crippen LogP contribution in [-0.2, 0) is 0 Å². The number of aliphatic hydroxyl groups excluding tert-OH is 1. The van der Waals surface area contributed by atoms with Crippen molar-refractivity contribution in [2.24, 2.45) is 0 Å². The SMILES string of the molecule is CN(c1ncc2ccccc2n1)C(C)(C)CO. The van der Waals surface area contributed by atoms with Crippen LogP contribution in [0.4, 0.5) is 5.95 Å². The quantitative estimate of drug-likeness (QED) is 0.875. The van der Waals surface area contributed by atoms with Crippen molar-refractivity contribution in [1.82, 2.24) is 9.97 Å². The van der Waals surface area contributed by atoms with Gasteiger partial charge in [-0.3, -0.25) is 0 Å². The van der Waals surface area contributed by atoms with Crippen molar-refractivity contribution >= 4 is 16.9 Å². The Labute approximate surface area is 101 Å². The van der Waals surface area contributed by atoms with E-state index in [1.807, 2.05) is 56.3 Å². The summed E-state index contributed by atoms with van der Waals surface area (Å²) < 4.78 is 0. The molecule has 0 aliphatic rings. The summed E-state index contributed by atoms with van der Waals surface area (Å²) in [5, 5.41) is 10.4. The highest BCUT2D eigenvalue weighted by atomic mass is 16.3. The normalized spacial score (nSPS) is 11.8. The van der Waals surface area contributed by atoms with Gasteiger partial charge in [-0.15, -0.1) is 0 Å². The maximum Gasteiger partial charge on any atom is 0.226 e. The number of aliphatic hydroxyl groups is 1. The number of aromatic nitrogens is 2. The van der Waals surface area contributed by atoms with Crippen LogP contribution in [0.15, 0.2) is 30.5 Å². The van der Waals surface area contributed by atoms with E-state index in [1.165, 1.54) is 0 Å². The molecule has 0 spiro atoms. The summed E-state index contributed by atoms with van der Waals surface area (Å²) in [7, 11) is 1.89.